The summed E-state index contributed by atoms with van der Waals surface area (Å²) in [7, 11) is 0. The van der Waals surface area contributed by atoms with Crippen molar-refractivity contribution in [3.8, 4) is 0 Å². The lowest BCUT2D eigenvalue weighted by Crippen LogP contribution is -2.42. The molecule has 0 unspecified atom stereocenters. The van der Waals surface area contributed by atoms with Crippen LogP contribution in [0.25, 0.3) is 5.57 Å². The van der Waals surface area contributed by atoms with Gasteiger partial charge in [0.1, 0.15) is 0 Å². The monoisotopic (exact) mass is 462 g/mol. The van der Waals surface area contributed by atoms with Crippen molar-refractivity contribution in [2.75, 3.05) is 19.6 Å². The molecule has 0 bridgehead atoms. The van der Waals surface area contributed by atoms with Crippen LogP contribution < -0.4 is 0 Å². The molecule has 3 nitrogen and oxygen atoms in total. The number of aliphatic hydroxyl groups is 1. The Bertz CT molecular complexity index is 1070. The summed E-state index contributed by atoms with van der Waals surface area (Å²) in [6, 6.07) is 20.5. The molecule has 3 aromatic rings. The maximum atomic E-state index is 11.1. The van der Waals surface area contributed by atoms with Crippen LogP contribution >= 0.6 is 23.4 Å². The summed E-state index contributed by atoms with van der Waals surface area (Å²) in [5.41, 5.74) is 5.23. The maximum Gasteiger partial charge on any atom is 0.0920 e. The van der Waals surface area contributed by atoms with Crippen molar-refractivity contribution in [2.45, 2.75) is 35.5 Å². The van der Waals surface area contributed by atoms with Gasteiger partial charge < -0.3 is 10.0 Å². The van der Waals surface area contributed by atoms with Gasteiger partial charge in [0, 0.05) is 47.1 Å². The van der Waals surface area contributed by atoms with Crippen molar-refractivity contribution in [1.29, 1.82) is 0 Å². The summed E-state index contributed by atoms with van der Waals surface area (Å²) in [6.45, 7) is 2.78. The van der Waals surface area contributed by atoms with Crippen molar-refractivity contribution < 1.29 is 5.11 Å². The molecule has 1 aromatic heterocycles. The minimum absolute atomic E-state index is 0.707. The first-order chi connectivity index (χ1) is 15.6. The first kappa shape index (κ1) is 21.7. The number of benzene rings is 2. The van der Waals surface area contributed by atoms with E-state index in [2.05, 4.69) is 46.3 Å². The summed E-state index contributed by atoms with van der Waals surface area (Å²) in [4.78, 5) is 8.44. The quantitative estimate of drug-likeness (QED) is 0.504. The molecule has 1 fully saturated rings. The number of hydrogen-bond donors (Lipinski definition) is 1. The molecule has 0 atom stereocenters. The van der Waals surface area contributed by atoms with Gasteiger partial charge in [-0.1, -0.05) is 54.1 Å². The topological polar surface area (TPSA) is 36.4 Å². The third-order valence-electron chi connectivity index (χ3n) is 6.58. The van der Waals surface area contributed by atoms with Crippen LogP contribution in [0.2, 0.25) is 5.02 Å². The van der Waals surface area contributed by atoms with Crippen molar-refractivity contribution in [1.82, 2.24) is 9.88 Å². The molecule has 2 aliphatic heterocycles. The Labute approximate surface area is 199 Å². The molecule has 2 aromatic carbocycles. The van der Waals surface area contributed by atoms with Gasteiger partial charge in [-0.2, -0.15) is 0 Å². The third kappa shape index (κ3) is 4.51. The van der Waals surface area contributed by atoms with E-state index in [1.165, 1.54) is 21.6 Å². The highest BCUT2D eigenvalue weighted by Gasteiger charge is 2.33. The van der Waals surface area contributed by atoms with Gasteiger partial charge in [-0.3, -0.25) is 4.98 Å². The predicted octanol–water partition coefficient (Wildman–Crippen LogP) is 6.15. The molecule has 0 amide bonds. The highest BCUT2D eigenvalue weighted by Crippen LogP contribution is 2.39. The summed E-state index contributed by atoms with van der Waals surface area (Å²) >= 11 is 7.88. The molecule has 32 heavy (non-hydrogen) atoms. The standard InChI is InChI=1S/C27H27ClN2OS/c28-21-11-9-20(10-12-21)27(31)13-17-30(18-14-27)16-4-7-22-23-6-3-15-29-25(23)19-32-26-8-2-1-5-24(22)26/h1-3,5-12,15,31H,4,13-14,16-19H2/b22-7+. The Kier molecular flexibility index (Phi) is 6.38. The van der Waals surface area contributed by atoms with E-state index in [0.29, 0.717) is 5.02 Å². The van der Waals surface area contributed by atoms with Crippen LogP contribution in [0.4, 0.5) is 0 Å². The zero-order valence-corrected chi connectivity index (χ0v) is 19.6. The zero-order valence-electron chi connectivity index (χ0n) is 18.0. The Morgan fingerprint density at radius 3 is 2.56 bits per heavy atom. The van der Waals surface area contributed by atoms with E-state index in [0.717, 1.165) is 55.9 Å². The summed E-state index contributed by atoms with van der Waals surface area (Å²) in [6.07, 6.45) is 6.74. The largest absolute Gasteiger partial charge is 0.385 e. The molecular formula is C27H27ClN2OS. The average Bonchev–Trinajstić information content (AvgIpc) is 2.98. The van der Waals surface area contributed by atoms with Crippen molar-refractivity contribution >= 4 is 28.9 Å². The Balaban J connectivity index is 1.28. The number of halogens is 1. The number of rotatable bonds is 4. The fourth-order valence-corrected chi connectivity index (χ4v) is 5.87. The Morgan fingerprint density at radius 2 is 1.75 bits per heavy atom. The molecule has 1 N–H and O–H groups in total. The number of hydrogen-bond acceptors (Lipinski definition) is 4. The molecule has 164 valence electrons. The second-order valence-corrected chi connectivity index (χ2v) is 10.0. The fraction of sp³-hybridized carbons (Fsp3) is 0.296. The second kappa shape index (κ2) is 9.40. The van der Waals surface area contributed by atoms with Crippen molar-refractivity contribution in [3.05, 3.63) is 100 Å². The molecule has 5 rings (SSSR count). The van der Waals surface area contributed by atoms with Gasteiger partial charge in [0.25, 0.3) is 0 Å². The lowest BCUT2D eigenvalue weighted by Gasteiger charge is -2.38. The second-order valence-electron chi connectivity index (χ2n) is 8.57. The van der Waals surface area contributed by atoms with E-state index in [9.17, 15) is 5.11 Å². The van der Waals surface area contributed by atoms with Gasteiger partial charge in [-0.05, 0) is 60.2 Å². The van der Waals surface area contributed by atoms with Crippen LogP contribution in [0.5, 0.6) is 0 Å². The van der Waals surface area contributed by atoms with Crippen LogP contribution in [0.15, 0.2) is 77.8 Å². The number of piperidine rings is 1. The lowest BCUT2D eigenvalue weighted by molar-refractivity contribution is -0.0254. The molecule has 1 saturated heterocycles. The predicted molar refractivity (Wildman–Crippen MR) is 133 cm³/mol. The molecule has 0 aliphatic carbocycles. The van der Waals surface area contributed by atoms with E-state index in [-0.39, 0.29) is 0 Å². The minimum atomic E-state index is -0.748. The first-order valence-electron chi connectivity index (χ1n) is 11.2. The van der Waals surface area contributed by atoms with Crippen LogP contribution in [0.3, 0.4) is 0 Å². The number of nitrogens with zero attached hydrogens (tertiary/aromatic N) is 2. The van der Waals surface area contributed by atoms with Gasteiger partial charge in [0.05, 0.1) is 11.3 Å². The maximum absolute atomic E-state index is 11.1. The van der Waals surface area contributed by atoms with E-state index in [1.807, 2.05) is 48.3 Å². The number of aromatic nitrogens is 1. The van der Waals surface area contributed by atoms with E-state index < -0.39 is 5.60 Å². The van der Waals surface area contributed by atoms with Gasteiger partial charge in [0.2, 0.25) is 0 Å². The molecule has 2 aliphatic rings. The van der Waals surface area contributed by atoms with Gasteiger partial charge in [-0.25, -0.2) is 0 Å². The summed E-state index contributed by atoms with van der Waals surface area (Å²) < 4.78 is 0. The van der Waals surface area contributed by atoms with E-state index >= 15 is 0 Å². The van der Waals surface area contributed by atoms with E-state index in [4.69, 9.17) is 11.6 Å². The smallest absolute Gasteiger partial charge is 0.0920 e. The highest BCUT2D eigenvalue weighted by atomic mass is 35.5. The molecular weight excluding hydrogens is 436 g/mol. The molecule has 0 radical (unpaired) electrons. The van der Waals surface area contributed by atoms with Crippen LogP contribution in [0.1, 0.15) is 41.6 Å². The van der Waals surface area contributed by atoms with Gasteiger partial charge in [0.15, 0.2) is 0 Å². The fourth-order valence-electron chi connectivity index (χ4n) is 4.71. The summed E-state index contributed by atoms with van der Waals surface area (Å²) in [5.74, 6) is 0.903. The number of fused-ring (bicyclic) bond motifs is 2. The number of thioether (sulfide) groups is 1. The van der Waals surface area contributed by atoms with Crippen molar-refractivity contribution in [3.63, 3.8) is 0 Å². The SMILES string of the molecule is OC1(c2ccc(Cl)cc2)CCN(CC/C=C2/c3ccccc3SCc3ncccc32)CC1. The molecule has 3 heterocycles. The average molecular weight is 463 g/mol. The zero-order chi connectivity index (χ0) is 22.0. The minimum Gasteiger partial charge on any atom is -0.385 e. The number of likely N-dealkylation sites (tertiary alicyclic amines) is 1. The normalized spacial score (nSPS) is 19.2. The third-order valence-corrected chi connectivity index (χ3v) is 7.92. The Morgan fingerprint density at radius 1 is 1.00 bits per heavy atom. The lowest BCUT2D eigenvalue weighted by atomic mass is 9.84. The molecule has 0 saturated carbocycles. The molecule has 0 spiro atoms. The van der Waals surface area contributed by atoms with Crippen LogP contribution in [-0.4, -0.2) is 34.6 Å². The van der Waals surface area contributed by atoms with Crippen LogP contribution in [-0.2, 0) is 11.4 Å². The summed E-state index contributed by atoms with van der Waals surface area (Å²) in [5, 5.41) is 11.8. The Hall–Kier alpha value is -2.11. The first-order valence-corrected chi connectivity index (χ1v) is 12.6. The van der Waals surface area contributed by atoms with Gasteiger partial charge in [-0.15, -0.1) is 11.8 Å². The van der Waals surface area contributed by atoms with Crippen molar-refractivity contribution in [2.24, 2.45) is 0 Å². The highest BCUT2D eigenvalue weighted by molar-refractivity contribution is 7.98. The molecule has 5 heteroatoms. The number of pyridine rings is 1. The van der Waals surface area contributed by atoms with Crippen LogP contribution in [0, 0.1) is 0 Å². The van der Waals surface area contributed by atoms with E-state index in [1.54, 1.807) is 0 Å². The van der Waals surface area contributed by atoms with Gasteiger partial charge >= 0.3 is 0 Å².